The summed E-state index contributed by atoms with van der Waals surface area (Å²) in [4.78, 5) is 4.99. The Morgan fingerprint density at radius 3 is 2.44 bits per heavy atom. The number of para-hydroxylation sites is 1. The lowest BCUT2D eigenvalue weighted by molar-refractivity contribution is 0.727. The SMILES string of the molecule is Cc1ccc2c(C)c3c(cc2c1)c1nccc2ccc4c5cccc(C6CCCC6)c5n3c4c21. The van der Waals surface area contributed by atoms with Gasteiger partial charge in [0.2, 0.25) is 0 Å². The quantitative estimate of drug-likeness (QED) is 0.185. The molecule has 0 radical (unpaired) electrons. The van der Waals surface area contributed by atoms with Crippen molar-refractivity contribution in [1.82, 2.24) is 9.38 Å². The summed E-state index contributed by atoms with van der Waals surface area (Å²) in [6, 6.07) is 23.1. The van der Waals surface area contributed by atoms with Crippen molar-refractivity contribution in [1.29, 1.82) is 0 Å². The van der Waals surface area contributed by atoms with E-state index in [1.165, 1.54) is 96.6 Å². The molecule has 0 saturated heterocycles. The van der Waals surface area contributed by atoms with E-state index in [2.05, 4.69) is 78.9 Å². The molecule has 3 aromatic heterocycles. The first kappa shape index (κ1) is 18.7. The Balaban J connectivity index is 1.74. The highest BCUT2D eigenvalue weighted by Gasteiger charge is 2.25. The second kappa shape index (κ2) is 6.48. The summed E-state index contributed by atoms with van der Waals surface area (Å²) in [5.74, 6) is 0.655. The van der Waals surface area contributed by atoms with E-state index in [0.717, 1.165) is 5.52 Å². The van der Waals surface area contributed by atoms with Crippen LogP contribution in [0.4, 0.5) is 0 Å². The van der Waals surface area contributed by atoms with E-state index in [0.29, 0.717) is 5.92 Å². The Kier molecular flexibility index (Phi) is 3.57. The molecule has 0 bridgehead atoms. The van der Waals surface area contributed by atoms with E-state index in [4.69, 9.17) is 4.98 Å². The van der Waals surface area contributed by atoms with Gasteiger partial charge in [-0.3, -0.25) is 4.98 Å². The van der Waals surface area contributed by atoms with Gasteiger partial charge in [-0.2, -0.15) is 0 Å². The first-order valence-electron chi connectivity index (χ1n) is 12.6. The van der Waals surface area contributed by atoms with Crippen LogP contribution in [0.3, 0.4) is 0 Å². The average molecular weight is 439 g/mol. The molecule has 3 heterocycles. The molecule has 164 valence electrons. The average Bonchev–Trinajstić information content (AvgIpc) is 3.50. The van der Waals surface area contributed by atoms with Gasteiger partial charge in [0.15, 0.2) is 0 Å². The van der Waals surface area contributed by atoms with Crippen molar-refractivity contribution in [3.05, 3.63) is 83.6 Å². The highest BCUT2D eigenvalue weighted by atomic mass is 14.9. The number of hydrogen-bond acceptors (Lipinski definition) is 1. The van der Waals surface area contributed by atoms with Crippen LogP contribution in [0.15, 0.2) is 66.9 Å². The van der Waals surface area contributed by atoms with Gasteiger partial charge in [-0.15, -0.1) is 0 Å². The second-order valence-corrected chi connectivity index (χ2v) is 10.4. The van der Waals surface area contributed by atoms with Crippen LogP contribution in [0.1, 0.15) is 48.3 Å². The maximum atomic E-state index is 4.99. The van der Waals surface area contributed by atoms with Gasteiger partial charge in [-0.1, -0.05) is 66.9 Å². The fraction of sp³-hybridized carbons (Fsp3) is 0.219. The Labute approximate surface area is 198 Å². The van der Waals surface area contributed by atoms with Crippen molar-refractivity contribution < 1.29 is 0 Å². The van der Waals surface area contributed by atoms with Crippen molar-refractivity contribution in [2.24, 2.45) is 0 Å². The number of hydrogen-bond donors (Lipinski definition) is 0. The maximum absolute atomic E-state index is 4.99. The molecule has 0 atom stereocenters. The van der Waals surface area contributed by atoms with Gasteiger partial charge in [-0.05, 0) is 72.0 Å². The topological polar surface area (TPSA) is 17.3 Å². The minimum Gasteiger partial charge on any atom is -0.307 e. The molecule has 1 fully saturated rings. The molecule has 4 aromatic carbocycles. The van der Waals surface area contributed by atoms with Crippen LogP contribution in [0.25, 0.3) is 59.8 Å². The molecule has 0 aliphatic heterocycles. The Hall–Kier alpha value is -3.65. The van der Waals surface area contributed by atoms with Gasteiger partial charge in [0, 0.05) is 27.7 Å². The number of fused-ring (bicyclic) bond motifs is 7. The van der Waals surface area contributed by atoms with Crippen LogP contribution in [0.2, 0.25) is 0 Å². The van der Waals surface area contributed by atoms with Gasteiger partial charge >= 0.3 is 0 Å². The van der Waals surface area contributed by atoms with Crippen LogP contribution in [-0.2, 0) is 0 Å². The molecule has 2 heteroatoms. The van der Waals surface area contributed by atoms with Crippen LogP contribution >= 0.6 is 0 Å². The molecular weight excluding hydrogens is 412 g/mol. The van der Waals surface area contributed by atoms with Crippen molar-refractivity contribution in [3.8, 4) is 0 Å². The summed E-state index contributed by atoms with van der Waals surface area (Å²) in [5, 5.41) is 9.21. The standard InChI is InChI=1S/C32H26N2/c1-18-10-12-23-19(2)30-27(17-22(23)16-18)29-28-21(14-15-33-29)11-13-26-25-9-5-8-24(20-6-3-4-7-20)31(25)34(30)32(26)28/h5,8-17,20H,3-4,6-7H2,1-2H3. The van der Waals surface area contributed by atoms with E-state index in [9.17, 15) is 0 Å². The van der Waals surface area contributed by atoms with Gasteiger partial charge in [0.05, 0.1) is 22.1 Å². The second-order valence-electron chi connectivity index (χ2n) is 10.4. The largest absolute Gasteiger partial charge is 0.307 e. The number of aromatic nitrogens is 2. The highest BCUT2D eigenvalue weighted by molar-refractivity contribution is 6.29. The predicted octanol–water partition coefficient (Wildman–Crippen LogP) is 8.81. The minimum atomic E-state index is 0.655. The van der Waals surface area contributed by atoms with E-state index in [-0.39, 0.29) is 0 Å². The molecule has 8 rings (SSSR count). The molecule has 0 amide bonds. The van der Waals surface area contributed by atoms with Gasteiger partial charge in [-0.25, -0.2) is 0 Å². The monoisotopic (exact) mass is 438 g/mol. The lowest BCUT2D eigenvalue weighted by atomic mass is 9.95. The fourth-order valence-electron chi connectivity index (χ4n) is 7.00. The van der Waals surface area contributed by atoms with E-state index in [1.807, 2.05) is 6.20 Å². The third-order valence-electron chi connectivity index (χ3n) is 8.50. The first-order valence-corrected chi connectivity index (χ1v) is 12.6. The molecule has 0 unspecified atom stereocenters. The number of pyridine rings is 2. The zero-order chi connectivity index (χ0) is 22.6. The molecule has 7 aromatic rings. The Bertz CT molecular complexity index is 1930. The lowest BCUT2D eigenvalue weighted by Crippen LogP contribution is -2.00. The number of nitrogens with zero attached hydrogens (tertiary/aromatic N) is 2. The van der Waals surface area contributed by atoms with Crippen molar-refractivity contribution in [2.75, 3.05) is 0 Å². The third kappa shape index (κ3) is 2.24. The van der Waals surface area contributed by atoms with Crippen LogP contribution < -0.4 is 0 Å². The summed E-state index contributed by atoms with van der Waals surface area (Å²) < 4.78 is 2.62. The molecule has 0 spiro atoms. The lowest BCUT2D eigenvalue weighted by Gasteiger charge is -2.18. The number of rotatable bonds is 1. The molecule has 2 nitrogen and oxygen atoms in total. The van der Waals surface area contributed by atoms with Crippen LogP contribution in [-0.4, -0.2) is 9.38 Å². The molecule has 0 N–H and O–H groups in total. The zero-order valence-corrected chi connectivity index (χ0v) is 19.7. The van der Waals surface area contributed by atoms with E-state index < -0.39 is 0 Å². The third-order valence-corrected chi connectivity index (χ3v) is 8.50. The minimum absolute atomic E-state index is 0.655. The zero-order valence-electron chi connectivity index (χ0n) is 19.7. The summed E-state index contributed by atoms with van der Waals surface area (Å²) >= 11 is 0. The Morgan fingerprint density at radius 1 is 0.735 bits per heavy atom. The molecule has 1 aliphatic carbocycles. The van der Waals surface area contributed by atoms with Crippen LogP contribution in [0, 0.1) is 13.8 Å². The summed E-state index contributed by atoms with van der Waals surface area (Å²) in [6.45, 7) is 4.49. The smallest absolute Gasteiger partial charge is 0.0823 e. The van der Waals surface area contributed by atoms with Gasteiger partial charge in [0.25, 0.3) is 0 Å². The summed E-state index contributed by atoms with van der Waals surface area (Å²) in [5.41, 5.74) is 9.38. The predicted molar refractivity (Wildman–Crippen MR) is 145 cm³/mol. The van der Waals surface area contributed by atoms with Crippen molar-refractivity contribution in [2.45, 2.75) is 45.4 Å². The van der Waals surface area contributed by atoms with Crippen molar-refractivity contribution in [3.63, 3.8) is 0 Å². The number of aryl methyl sites for hydroxylation is 2. The van der Waals surface area contributed by atoms with Crippen LogP contribution in [0.5, 0.6) is 0 Å². The molecule has 1 aliphatic rings. The molecule has 1 saturated carbocycles. The highest BCUT2D eigenvalue weighted by Crippen LogP contribution is 2.46. The first-order chi connectivity index (χ1) is 16.7. The van der Waals surface area contributed by atoms with E-state index >= 15 is 0 Å². The summed E-state index contributed by atoms with van der Waals surface area (Å²) in [7, 11) is 0. The van der Waals surface area contributed by atoms with E-state index in [1.54, 1.807) is 0 Å². The molecular formula is C32H26N2. The normalized spacial score (nSPS) is 15.4. The van der Waals surface area contributed by atoms with Crippen molar-refractivity contribution >= 4 is 59.8 Å². The van der Waals surface area contributed by atoms with Gasteiger partial charge < -0.3 is 4.40 Å². The summed E-state index contributed by atoms with van der Waals surface area (Å²) in [6.07, 6.45) is 7.27. The maximum Gasteiger partial charge on any atom is 0.0823 e. The molecule has 34 heavy (non-hydrogen) atoms. The van der Waals surface area contributed by atoms with Gasteiger partial charge in [0.1, 0.15) is 0 Å². The number of benzene rings is 4. The Morgan fingerprint density at radius 2 is 1.56 bits per heavy atom. The fourth-order valence-corrected chi connectivity index (χ4v) is 7.00.